The topological polar surface area (TPSA) is 42.2 Å². The summed E-state index contributed by atoms with van der Waals surface area (Å²) in [6.07, 6.45) is 2.29. The van der Waals surface area contributed by atoms with Gasteiger partial charge >= 0.3 is 0 Å². The Morgan fingerprint density at radius 2 is 2.35 bits per heavy atom. The summed E-state index contributed by atoms with van der Waals surface area (Å²) in [4.78, 5) is 7.27. The van der Waals surface area contributed by atoms with Crippen molar-refractivity contribution in [3.63, 3.8) is 0 Å². The van der Waals surface area contributed by atoms with Gasteiger partial charge in [-0.1, -0.05) is 13.3 Å². The molecule has 2 aromatic heterocycles. The second-order valence-electron chi connectivity index (χ2n) is 5.51. The predicted octanol–water partition coefficient (Wildman–Crippen LogP) is 3.43. The van der Waals surface area contributed by atoms with E-state index in [1.807, 2.05) is 0 Å². The Morgan fingerprint density at radius 1 is 1.45 bits per heavy atom. The maximum Gasteiger partial charge on any atom is 0.124 e. The molecule has 0 bridgehead atoms. The van der Waals surface area contributed by atoms with Crippen molar-refractivity contribution >= 4 is 22.7 Å². The fraction of sp³-hybridized carbons (Fsp3) is 0.533. The summed E-state index contributed by atoms with van der Waals surface area (Å²) in [5, 5.41) is 7.61. The highest BCUT2D eigenvalue weighted by Gasteiger charge is 2.25. The molecule has 1 aliphatic heterocycles. The van der Waals surface area contributed by atoms with Crippen LogP contribution in [0.2, 0.25) is 0 Å². The third kappa shape index (κ3) is 3.11. The van der Waals surface area contributed by atoms with E-state index in [0.29, 0.717) is 12.0 Å². The number of piperidine rings is 1. The maximum atomic E-state index is 6.17. The van der Waals surface area contributed by atoms with Gasteiger partial charge in [-0.3, -0.25) is 4.90 Å². The molecule has 20 heavy (non-hydrogen) atoms. The van der Waals surface area contributed by atoms with Crippen LogP contribution < -0.4 is 5.73 Å². The molecule has 0 saturated carbocycles. The summed E-state index contributed by atoms with van der Waals surface area (Å²) < 4.78 is 0. The molecule has 0 spiro atoms. The van der Waals surface area contributed by atoms with Crippen molar-refractivity contribution in [1.29, 1.82) is 0 Å². The zero-order valence-electron chi connectivity index (χ0n) is 11.8. The summed E-state index contributed by atoms with van der Waals surface area (Å²) >= 11 is 3.47. The molecule has 3 rings (SSSR count). The first-order valence-corrected chi connectivity index (χ1v) is 9.03. The lowest BCUT2D eigenvalue weighted by Gasteiger charge is -2.36. The van der Waals surface area contributed by atoms with E-state index in [4.69, 9.17) is 10.7 Å². The lowest BCUT2D eigenvalue weighted by molar-refractivity contribution is 0.144. The molecule has 3 heterocycles. The summed E-state index contributed by atoms with van der Waals surface area (Å²) in [7, 11) is 0. The van der Waals surface area contributed by atoms with Gasteiger partial charge in [0, 0.05) is 42.0 Å². The normalized spacial score (nSPS) is 24.1. The van der Waals surface area contributed by atoms with Crippen molar-refractivity contribution < 1.29 is 0 Å². The molecule has 108 valence electrons. The Kier molecular flexibility index (Phi) is 4.51. The number of nitrogens with two attached hydrogens (primary N) is 1. The third-order valence-electron chi connectivity index (χ3n) is 4.11. The largest absolute Gasteiger partial charge is 0.327 e. The number of hydrogen-bond donors (Lipinski definition) is 1. The van der Waals surface area contributed by atoms with Crippen LogP contribution in [0.5, 0.6) is 0 Å². The van der Waals surface area contributed by atoms with Gasteiger partial charge in [0.25, 0.3) is 0 Å². The second-order valence-corrected chi connectivity index (χ2v) is 7.15. The van der Waals surface area contributed by atoms with Crippen LogP contribution in [0.3, 0.4) is 0 Å². The smallest absolute Gasteiger partial charge is 0.124 e. The molecule has 0 aliphatic carbocycles. The van der Waals surface area contributed by atoms with Crippen LogP contribution >= 0.6 is 22.7 Å². The second kappa shape index (κ2) is 6.35. The standard InChI is InChI=1S/C15H21N3S2/c1-2-11-7-18(5-3-14(11)16)8-13-10-20-15(17-13)12-4-6-19-9-12/h4,6,9-11,14H,2-3,5,7-8,16H2,1H3. The van der Waals surface area contributed by atoms with E-state index < -0.39 is 0 Å². The molecule has 2 atom stereocenters. The summed E-state index contributed by atoms with van der Waals surface area (Å²) in [5.41, 5.74) is 8.62. The summed E-state index contributed by atoms with van der Waals surface area (Å²) in [6, 6.07) is 2.52. The van der Waals surface area contributed by atoms with Gasteiger partial charge in [0.05, 0.1) is 5.69 Å². The van der Waals surface area contributed by atoms with E-state index in [1.165, 1.54) is 17.7 Å². The summed E-state index contributed by atoms with van der Waals surface area (Å²) in [6.45, 7) is 5.42. The minimum atomic E-state index is 0.382. The van der Waals surface area contributed by atoms with Crippen LogP contribution in [0, 0.1) is 5.92 Å². The molecular formula is C15H21N3S2. The minimum Gasteiger partial charge on any atom is -0.327 e. The molecule has 1 aliphatic rings. The number of nitrogens with zero attached hydrogens (tertiary/aromatic N) is 2. The van der Waals surface area contributed by atoms with Gasteiger partial charge in [-0.05, 0) is 23.8 Å². The maximum absolute atomic E-state index is 6.17. The SMILES string of the molecule is CCC1CN(Cc2csc(-c3ccsc3)n2)CCC1N. The minimum absolute atomic E-state index is 0.382. The zero-order chi connectivity index (χ0) is 13.9. The fourth-order valence-electron chi connectivity index (χ4n) is 2.83. The van der Waals surface area contributed by atoms with Gasteiger partial charge < -0.3 is 5.73 Å². The average molecular weight is 307 g/mol. The molecular weight excluding hydrogens is 286 g/mol. The van der Waals surface area contributed by atoms with Crippen LogP contribution in [0.15, 0.2) is 22.2 Å². The molecule has 2 unspecified atom stereocenters. The molecule has 0 radical (unpaired) electrons. The Hall–Kier alpha value is -0.750. The van der Waals surface area contributed by atoms with E-state index in [-0.39, 0.29) is 0 Å². The lowest BCUT2D eigenvalue weighted by Crippen LogP contribution is -2.46. The fourth-order valence-corrected chi connectivity index (χ4v) is 4.35. The quantitative estimate of drug-likeness (QED) is 0.941. The van der Waals surface area contributed by atoms with Gasteiger partial charge in [-0.15, -0.1) is 11.3 Å². The van der Waals surface area contributed by atoms with E-state index >= 15 is 0 Å². The van der Waals surface area contributed by atoms with E-state index in [9.17, 15) is 0 Å². The van der Waals surface area contributed by atoms with Gasteiger partial charge in [0.15, 0.2) is 0 Å². The molecule has 1 saturated heterocycles. The van der Waals surface area contributed by atoms with Crippen molar-refractivity contribution in [3.8, 4) is 10.6 Å². The number of hydrogen-bond acceptors (Lipinski definition) is 5. The van der Waals surface area contributed by atoms with Gasteiger partial charge in [-0.25, -0.2) is 4.98 Å². The molecule has 0 aromatic carbocycles. The molecule has 5 heteroatoms. The number of thiophene rings is 1. The number of aromatic nitrogens is 1. The molecule has 1 fully saturated rings. The summed E-state index contributed by atoms with van der Waals surface area (Å²) in [5.74, 6) is 0.638. The third-order valence-corrected chi connectivity index (χ3v) is 5.73. The Labute approximate surface area is 128 Å². The number of rotatable bonds is 4. The first-order valence-electron chi connectivity index (χ1n) is 7.21. The molecule has 2 aromatic rings. The van der Waals surface area contributed by atoms with E-state index in [2.05, 4.69) is 34.0 Å². The average Bonchev–Trinajstić information content (AvgIpc) is 3.11. The first kappa shape index (κ1) is 14.2. The van der Waals surface area contributed by atoms with E-state index in [0.717, 1.165) is 31.1 Å². The number of likely N-dealkylation sites (tertiary alicyclic amines) is 1. The molecule has 2 N–H and O–H groups in total. The Morgan fingerprint density at radius 3 is 3.10 bits per heavy atom. The van der Waals surface area contributed by atoms with Crippen LogP contribution in [-0.4, -0.2) is 29.0 Å². The van der Waals surface area contributed by atoms with Crippen molar-refractivity contribution in [2.45, 2.75) is 32.4 Å². The van der Waals surface area contributed by atoms with Crippen molar-refractivity contribution in [2.24, 2.45) is 11.7 Å². The van der Waals surface area contributed by atoms with Crippen LogP contribution in [0.25, 0.3) is 10.6 Å². The van der Waals surface area contributed by atoms with Crippen molar-refractivity contribution in [1.82, 2.24) is 9.88 Å². The van der Waals surface area contributed by atoms with Crippen LogP contribution in [0.4, 0.5) is 0 Å². The van der Waals surface area contributed by atoms with Crippen molar-refractivity contribution in [3.05, 3.63) is 27.9 Å². The van der Waals surface area contributed by atoms with Crippen LogP contribution in [-0.2, 0) is 6.54 Å². The first-order chi connectivity index (χ1) is 9.76. The molecule has 3 nitrogen and oxygen atoms in total. The van der Waals surface area contributed by atoms with Gasteiger partial charge in [0.1, 0.15) is 5.01 Å². The number of thiazole rings is 1. The highest BCUT2D eigenvalue weighted by atomic mass is 32.1. The highest BCUT2D eigenvalue weighted by Crippen LogP contribution is 2.27. The lowest BCUT2D eigenvalue weighted by atomic mass is 9.91. The van der Waals surface area contributed by atoms with Crippen LogP contribution in [0.1, 0.15) is 25.5 Å². The highest BCUT2D eigenvalue weighted by molar-refractivity contribution is 7.14. The Balaban J connectivity index is 1.64. The van der Waals surface area contributed by atoms with E-state index in [1.54, 1.807) is 22.7 Å². The Bertz CT molecular complexity index is 535. The molecule has 0 amide bonds. The zero-order valence-corrected chi connectivity index (χ0v) is 13.4. The van der Waals surface area contributed by atoms with Gasteiger partial charge in [0.2, 0.25) is 0 Å². The van der Waals surface area contributed by atoms with Gasteiger partial charge in [-0.2, -0.15) is 11.3 Å². The monoisotopic (exact) mass is 307 g/mol. The van der Waals surface area contributed by atoms with Crippen molar-refractivity contribution in [2.75, 3.05) is 13.1 Å². The predicted molar refractivity (Wildman–Crippen MR) is 87.1 cm³/mol.